The van der Waals surface area contributed by atoms with Crippen LogP contribution in [0.4, 0.5) is 0 Å². The molecule has 0 aromatic heterocycles. The topological polar surface area (TPSA) is 21.7 Å². The summed E-state index contributed by atoms with van der Waals surface area (Å²) in [6.45, 7) is 4.19. The Morgan fingerprint density at radius 3 is 2.19 bits per heavy atom. The normalized spacial score (nSPS) is 14.5. The second-order valence-corrected chi connectivity index (χ2v) is 8.03. The van der Waals surface area contributed by atoms with Gasteiger partial charge >= 0.3 is 0 Å². The van der Waals surface area contributed by atoms with E-state index in [4.69, 9.17) is 9.47 Å². The number of ether oxygens (including phenoxy) is 2. The van der Waals surface area contributed by atoms with Crippen molar-refractivity contribution in [2.45, 2.75) is 19.3 Å². The molecule has 0 amide bonds. The van der Waals surface area contributed by atoms with Crippen molar-refractivity contribution in [1.29, 1.82) is 0 Å². The van der Waals surface area contributed by atoms with E-state index in [0.717, 1.165) is 31.1 Å². The van der Waals surface area contributed by atoms with E-state index in [9.17, 15) is 0 Å². The largest absolute Gasteiger partial charge is 0.497 e. The molecule has 160 valence electrons. The maximum Gasteiger partial charge on any atom is 0.119 e. The van der Waals surface area contributed by atoms with Gasteiger partial charge < -0.3 is 9.47 Å². The predicted molar refractivity (Wildman–Crippen MR) is 129 cm³/mol. The Labute approximate surface area is 185 Å². The van der Waals surface area contributed by atoms with E-state index in [-0.39, 0.29) is 0 Å². The third-order valence-electron chi connectivity index (χ3n) is 5.79. The molecule has 3 aromatic rings. The molecule has 3 aromatic carbocycles. The van der Waals surface area contributed by atoms with Gasteiger partial charge in [0.25, 0.3) is 0 Å². The Bertz CT molecular complexity index is 956. The average molecular weight is 414 g/mol. The summed E-state index contributed by atoms with van der Waals surface area (Å²) in [4.78, 5) is 2.47. The zero-order valence-corrected chi connectivity index (χ0v) is 18.3. The molecule has 0 unspecified atom stereocenters. The van der Waals surface area contributed by atoms with E-state index in [0.29, 0.717) is 0 Å². The van der Waals surface area contributed by atoms with Crippen molar-refractivity contribution in [3.8, 4) is 11.5 Å². The molecule has 0 saturated carbocycles. The van der Waals surface area contributed by atoms with Crippen molar-refractivity contribution in [1.82, 2.24) is 4.90 Å². The number of hydrogen-bond donors (Lipinski definition) is 0. The van der Waals surface area contributed by atoms with Gasteiger partial charge in [-0.15, -0.1) is 0 Å². The summed E-state index contributed by atoms with van der Waals surface area (Å²) >= 11 is 0. The molecule has 0 aliphatic carbocycles. The zero-order chi connectivity index (χ0) is 21.3. The minimum absolute atomic E-state index is 0.752. The monoisotopic (exact) mass is 413 g/mol. The van der Waals surface area contributed by atoms with Crippen LogP contribution in [0.25, 0.3) is 11.6 Å². The summed E-state index contributed by atoms with van der Waals surface area (Å²) in [6.07, 6.45) is 5.78. The summed E-state index contributed by atoms with van der Waals surface area (Å²) < 4.78 is 11.2. The van der Waals surface area contributed by atoms with E-state index in [2.05, 4.69) is 77.7 Å². The van der Waals surface area contributed by atoms with Gasteiger partial charge in [-0.1, -0.05) is 60.7 Å². The van der Waals surface area contributed by atoms with Crippen molar-refractivity contribution in [3.63, 3.8) is 0 Å². The van der Waals surface area contributed by atoms with Gasteiger partial charge in [-0.25, -0.2) is 0 Å². The highest BCUT2D eigenvalue weighted by Gasteiger charge is 2.10. The Morgan fingerprint density at radius 2 is 1.52 bits per heavy atom. The van der Waals surface area contributed by atoms with Gasteiger partial charge in [0.1, 0.15) is 18.1 Å². The fourth-order valence-electron chi connectivity index (χ4n) is 4.01. The minimum Gasteiger partial charge on any atom is -0.497 e. The molecule has 1 aliphatic heterocycles. The van der Waals surface area contributed by atoms with Gasteiger partial charge in [0.05, 0.1) is 7.11 Å². The first-order chi connectivity index (χ1) is 15.3. The predicted octanol–water partition coefficient (Wildman–Crippen LogP) is 5.95. The van der Waals surface area contributed by atoms with Crippen LogP contribution in [0.15, 0.2) is 78.9 Å². The van der Waals surface area contributed by atoms with Gasteiger partial charge in [0, 0.05) is 6.54 Å². The lowest BCUT2D eigenvalue weighted by molar-refractivity contribution is 0.238. The number of benzene rings is 3. The number of nitrogens with zero attached hydrogens (tertiary/aromatic N) is 1. The van der Waals surface area contributed by atoms with Gasteiger partial charge in [0.15, 0.2) is 0 Å². The molecular formula is C28H31NO2. The summed E-state index contributed by atoms with van der Waals surface area (Å²) in [7, 11) is 1.70. The first-order valence-electron chi connectivity index (χ1n) is 11.1. The quantitative estimate of drug-likeness (QED) is 0.405. The molecule has 0 N–H and O–H groups in total. The van der Waals surface area contributed by atoms with Crippen LogP contribution >= 0.6 is 0 Å². The molecular weight excluding hydrogens is 382 g/mol. The second-order valence-electron chi connectivity index (χ2n) is 8.03. The highest BCUT2D eigenvalue weighted by molar-refractivity contribution is 5.82. The third-order valence-corrected chi connectivity index (χ3v) is 5.79. The minimum atomic E-state index is 0.752. The molecule has 0 radical (unpaired) electrons. The van der Waals surface area contributed by atoms with Gasteiger partial charge in [-0.05, 0) is 78.9 Å². The Hall–Kier alpha value is -3.04. The number of methoxy groups -OCH3 is 1. The molecule has 0 atom stereocenters. The molecule has 1 heterocycles. The van der Waals surface area contributed by atoms with Crippen molar-refractivity contribution >= 4 is 11.6 Å². The SMILES string of the molecule is COc1ccc(C/C(=C/c2ccc(OCCN3CCCC3)cc2)c2ccccc2)cc1. The fraction of sp³-hybridized carbons (Fsp3) is 0.286. The number of rotatable bonds is 9. The molecule has 0 bridgehead atoms. The Kier molecular flexibility index (Phi) is 7.41. The van der Waals surface area contributed by atoms with Crippen molar-refractivity contribution in [3.05, 3.63) is 95.6 Å². The molecule has 31 heavy (non-hydrogen) atoms. The highest BCUT2D eigenvalue weighted by Crippen LogP contribution is 2.25. The van der Waals surface area contributed by atoms with Crippen molar-refractivity contribution in [2.24, 2.45) is 0 Å². The lowest BCUT2D eigenvalue weighted by atomic mass is 9.96. The Morgan fingerprint density at radius 1 is 0.839 bits per heavy atom. The molecule has 1 fully saturated rings. The zero-order valence-electron chi connectivity index (χ0n) is 18.3. The van der Waals surface area contributed by atoms with Gasteiger partial charge in [-0.2, -0.15) is 0 Å². The molecule has 3 nitrogen and oxygen atoms in total. The number of allylic oxidation sites excluding steroid dienone is 1. The first-order valence-corrected chi connectivity index (χ1v) is 11.1. The van der Waals surface area contributed by atoms with Crippen LogP contribution in [-0.2, 0) is 6.42 Å². The second kappa shape index (κ2) is 10.8. The molecule has 1 aliphatic rings. The molecule has 3 heteroatoms. The molecule has 0 spiro atoms. The maximum absolute atomic E-state index is 5.96. The third kappa shape index (κ3) is 6.22. The van der Waals surface area contributed by atoms with Crippen LogP contribution in [0, 0.1) is 0 Å². The summed E-state index contributed by atoms with van der Waals surface area (Å²) in [5.74, 6) is 1.82. The highest BCUT2D eigenvalue weighted by atomic mass is 16.5. The van der Waals surface area contributed by atoms with Crippen molar-refractivity contribution in [2.75, 3.05) is 33.4 Å². The molecule has 1 saturated heterocycles. The van der Waals surface area contributed by atoms with Crippen molar-refractivity contribution < 1.29 is 9.47 Å². The maximum atomic E-state index is 5.96. The van der Waals surface area contributed by atoms with Crippen LogP contribution in [0.2, 0.25) is 0 Å². The average Bonchev–Trinajstić information content (AvgIpc) is 3.34. The molecule has 4 rings (SSSR count). The lowest BCUT2D eigenvalue weighted by Crippen LogP contribution is -2.25. The summed E-state index contributed by atoms with van der Waals surface area (Å²) in [6, 6.07) is 27.3. The first kappa shape index (κ1) is 21.2. The number of hydrogen-bond acceptors (Lipinski definition) is 3. The smallest absolute Gasteiger partial charge is 0.119 e. The van der Waals surface area contributed by atoms with E-state index in [1.807, 2.05) is 12.1 Å². The number of likely N-dealkylation sites (tertiary alicyclic amines) is 1. The van der Waals surface area contributed by atoms with Crippen LogP contribution < -0.4 is 9.47 Å². The van der Waals surface area contributed by atoms with Crippen LogP contribution in [0.3, 0.4) is 0 Å². The summed E-state index contributed by atoms with van der Waals surface area (Å²) in [5.41, 5.74) is 4.97. The standard InChI is InChI=1S/C28H31NO2/c1-30-27-13-9-23(10-14-27)21-26(25-7-3-2-4-8-25)22-24-11-15-28(16-12-24)31-20-19-29-17-5-6-18-29/h2-4,7-16,22H,5-6,17-21H2,1H3/b26-22-. The van der Waals surface area contributed by atoms with Crippen LogP contribution in [0.5, 0.6) is 11.5 Å². The fourth-order valence-corrected chi connectivity index (χ4v) is 4.01. The van der Waals surface area contributed by atoms with Gasteiger partial charge in [0.2, 0.25) is 0 Å². The van der Waals surface area contributed by atoms with Crippen LogP contribution in [-0.4, -0.2) is 38.3 Å². The van der Waals surface area contributed by atoms with E-state index in [1.165, 1.54) is 48.2 Å². The van der Waals surface area contributed by atoms with Crippen LogP contribution in [0.1, 0.15) is 29.5 Å². The Balaban J connectivity index is 1.45. The van der Waals surface area contributed by atoms with Gasteiger partial charge in [-0.3, -0.25) is 4.90 Å². The van der Waals surface area contributed by atoms with E-state index < -0.39 is 0 Å². The lowest BCUT2D eigenvalue weighted by Gasteiger charge is -2.15. The van der Waals surface area contributed by atoms with E-state index in [1.54, 1.807) is 7.11 Å². The summed E-state index contributed by atoms with van der Waals surface area (Å²) in [5, 5.41) is 0. The van der Waals surface area contributed by atoms with E-state index >= 15 is 0 Å².